The quantitative estimate of drug-likeness (QED) is 0.576. The molecule has 3 rings (SSSR count). The Morgan fingerprint density at radius 2 is 2.08 bits per heavy atom. The second kappa shape index (κ2) is 6.67. The highest BCUT2D eigenvalue weighted by Gasteiger charge is 2.10. The highest BCUT2D eigenvalue weighted by molar-refractivity contribution is 5.55. The Hall–Kier alpha value is -2.93. The SMILES string of the molecule is Cc1cccc(N(C)N)c1COc1ccn(-c2ccc(F)cn2)n1. The predicted molar refractivity (Wildman–Crippen MR) is 89.4 cm³/mol. The van der Waals surface area contributed by atoms with E-state index < -0.39 is 0 Å². The molecule has 6 nitrogen and oxygen atoms in total. The van der Waals surface area contributed by atoms with E-state index in [4.69, 9.17) is 10.6 Å². The monoisotopic (exact) mass is 327 g/mol. The summed E-state index contributed by atoms with van der Waals surface area (Å²) in [5.41, 5.74) is 2.98. The van der Waals surface area contributed by atoms with Crippen molar-refractivity contribution in [3.05, 3.63) is 65.7 Å². The maximum Gasteiger partial charge on any atom is 0.233 e. The van der Waals surface area contributed by atoms with Gasteiger partial charge in [0.2, 0.25) is 5.88 Å². The highest BCUT2D eigenvalue weighted by atomic mass is 19.1. The fourth-order valence-corrected chi connectivity index (χ4v) is 2.37. The summed E-state index contributed by atoms with van der Waals surface area (Å²) in [6, 6.07) is 10.5. The van der Waals surface area contributed by atoms with Crippen molar-refractivity contribution in [1.29, 1.82) is 0 Å². The molecule has 24 heavy (non-hydrogen) atoms. The van der Waals surface area contributed by atoms with Crippen molar-refractivity contribution in [3.8, 4) is 11.7 Å². The molecule has 0 saturated carbocycles. The zero-order valence-electron chi connectivity index (χ0n) is 13.5. The number of hydrogen-bond acceptors (Lipinski definition) is 5. The van der Waals surface area contributed by atoms with Crippen LogP contribution in [0.2, 0.25) is 0 Å². The minimum atomic E-state index is -0.389. The maximum atomic E-state index is 12.9. The summed E-state index contributed by atoms with van der Waals surface area (Å²) in [6.07, 6.45) is 2.86. The Bertz CT molecular complexity index is 829. The number of hydrogen-bond donors (Lipinski definition) is 1. The van der Waals surface area contributed by atoms with E-state index in [1.807, 2.05) is 25.1 Å². The molecule has 0 unspecified atom stereocenters. The molecule has 2 aromatic heterocycles. The molecular weight excluding hydrogens is 309 g/mol. The summed E-state index contributed by atoms with van der Waals surface area (Å²) >= 11 is 0. The van der Waals surface area contributed by atoms with Crippen LogP contribution in [-0.2, 0) is 6.61 Å². The standard InChI is InChI=1S/C17H18FN5O/c1-12-4-3-5-15(22(2)19)14(12)11-24-17-8-9-23(21-17)16-7-6-13(18)10-20-16/h3-10H,11,19H2,1-2H3. The number of aromatic nitrogens is 3. The van der Waals surface area contributed by atoms with Gasteiger partial charge in [-0.15, -0.1) is 5.10 Å². The van der Waals surface area contributed by atoms with E-state index in [2.05, 4.69) is 10.1 Å². The van der Waals surface area contributed by atoms with Gasteiger partial charge in [0.25, 0.3) is 0 Å². The van der Waals surface area contributed by atoms with Gasteiger partial charge >= 0.3 is 0 Å². The Morgan fingerprint density at radius 3 is 2.79 bits per heavy atom. The van der Waals surface area contributed by atoms with E-state index >= 15 is 0 Å². The van der Waals surface area contributed by atoms with Crippen LogP contribution in [0.3, 0.4) is 0 Å². The van der Waals surface area contributed by atoms with E-state index in [9.17, 15) is 4.39 Å². The molecule has 0 aliphatic rings. The summed E-state index contributed by atoms with van der Waals surface area (Å²) < 4.78 is 20.2. The zero-order chi connectivity index (χ0) is 17.1. The summed E-state index contributed by atoms with van der Waals surface area (Å²) in [5, 5.41) is 5.86. The van der Waals surface area contributed by atoms with Crippen LogP contribution in [-0.4, -0.2) is 21.8 Å². The first kappa shape index (κ1) is 15.9. The summed E-state index contributed by atoms with van der Waals surface area (Å²) in [4.78, 5) is 3.98. The first-order valence-electron chi connectivity index (χ1n) is 7.42. The second-order valence-corrected chi connectivity index (χ2v) is 5.41. The molecule has 3 aromatic rings. The molecule has 0 fully saturated rings. The Balaban J connectivity index is 1.76. The van der Waals surface area contributed by atoms with Crippen molar-refractivity contribution >= 4 is 5.69 Å². The van der Waals surface area contributed by atoms with Gasteiger partial charge in [0.1, 0.15) is 12.4 Å². The van der Waals surface area contributed by atoms with Gasteiger partial charge in [0.15, 0.2) is 5.82 Å². The highest BCUT2D eigenvalue weighted by Crippen LogP contribution is 2.23. The van der Waals surface area contributed by atoms with E-state index in [0.29, 0.717) is 18.3 Å². The van der Waals surface area contributed by atoms with Crippen LogP contribution in [0.5, 0.6) is 5.88 Å². The molecule has 0 aliphatic heterocycles. The van der Waals surface area contributed by atoms with Gasteiger partial charge in [-0.1, -0.05) is 12.1 Å². The molecule has 0 bridgehead atoms. The van der Waals surface area contributed by atoms with E-state index in [1.165, 1.54) is 10.7 Å². The van der Waals surface area contributed by atoms with Gasteiger partial charge in [-0.25, -0.2) is 19.9 Å². The lowest BCUT2D eigenvalue weighted by Crippen LogP contribution is -2.26. The molecule has 7 heteroatoms. The number of halogens is 1. The number of ether oxygens (including phenoxy) is 1. The lowest BCUT2D eigenvalue weighted by Gasteiger charge is -2.18. The number of nitrogens with two attached hydrogens (primary N) is 1. The van der Waals surface area contributed by atoms with E-state index in [0.717, 1.165) is 23.0 Å². The number of hydrazine groups is 1. The molecular formula is C17H18FN5O. The average Bonchev–Trinajstić information content (AvgIpc) is 3.03. The number of benzene rings is 1. The fourth-order valence-electron chi connectivity index (χ4n) is 2.37. The molecule has 0 radical (unpaired) electrons. The van der Waals surface area contributed by atoms with Gasteiger partial charge in [0.05, 0.1) is 11.9 Å². The fraction of sp³-hybridized carbons (Fsp3) is 0.176. The zero-order valence-corrected chi connectivity index (χ0v) is 13.5. The van der Waals surface area contributed by atoms with Crippen LogP contribution in [0.25, 0.3) is 5.82 Å². The minimum Gasteiger partial charge on any atom is -0.472 e. The molecule has 0 atom stereocenters. The van der Waals surface area contributed by atoms with Crippen molar-refractivity contribution in [2.75, 3.05) is 12.1 Å². The average molecular weight is 327 g/mol. The Morgan fingerprint density at radius 1 is 1.25 bits per heavy atom. The second-order valence-electron chi connectivity index (χ2n) is 5.41. The van der Waals surface area contributed by atoms with Crippen molar-refractivity contribution in [1.82, 2.24) is 14.8 Å². The van der Waals surface area contributed by atoms with Crippen LogP contribution in [0.1, 0.15) is 11.1 Å². The third kappa shape index (κ3) is 3.36. The van der Waals surface area contributed by atoms with Crippen LogP contribution in [0.4, 0.5) is 10.1 Å². The number of anilines is 1. The minimum absolute atomic E-state index is 0.345. The molecule has 124 valence electrons. The van der Waals surface area contributed by atoms with Crippen LogP contribution >= 0.6 is 0 Å². The smallest absolute Gasteiger partial charge is 0.233 e. The van der Waals surface area contributed by atoms with Gasteiger partial charge in [-0.3, -0.25) is 0 Å². The molecule has 2 heterocycles. The predicted octanol–water partition coefficient (Wildman–Crippen LogP) is 2.60. The largest absolute Gasteiger partial charge is 0.472 e. The topological polar surface area (TPSA) is 69.2 Å². The van der Waals surface area contributed by atoms with Crippen LogP contribution in [0.15, 0.2) is 48.8 Å². The first-order chi connectivity index (χ1) is 11.5. The van der Waals surface area contributed by atoms with Gasteiger partial charge in [-0.05, 0) is 30.7 Å². The number of aryl methyl sites for hydroxylation is 1. The van der Waals surface area contributed by atoms with Gasteiger partial charge in [-0.2, -0.15) is 0 Å². The molecule has 2 N–H and O–H groups in total. The Labute approximate surface area is 139 Å². The maximum absolute atomic E-state index is 12.9. The van der Waals surface area contributed by atoms with Crippen LogP contribution < -0.4 is 15.6 Å². The van der Waals surface area contributed by atoms with Crippen molar-refractivity contribution < 1.29 is 9.13 Å². The lowest BCUT2D eigenvalue weighted by atomic mass is 10.1. The number of pyridine rings is 1. The third-order valence-corrected chi connectivity index (χ3v) is 3.64. The molecule has 0 aliphatic carbocycles. The normalized spacial score (nSPS) is 10.7. The summed E-state index contributed by atoms with van der Waals surface area (Å²) in [5.74, 6) is 6.45. The van der Waals surface area contributed by atoms with Crippen LogP contribution in [0, 0.1) is 12.7 Å². The summed E-state index contributed by atoms with van der Waals surface area (Å²) in [6.45, 7) is 2.35. The van der Waals surface area contributed by atoms with Crippen molar-refractivity contribution in [3.63, 3.8) is 0 Å². The number of rotatable bonds is 5. The molecule has 1 aromatic carbocycles. The third-order valence-electron chi connectivity index (χ3n) is 3.64. The van der Waals surface area contributed by atoms with Gasteiger partial charge < -0.3 is 9.75 Å². The van der Waals surface area contributed by atoms with Crippen molar-refractivity contribution in [2.45, 2.75) is 13.5 Å². The summed E-state index contributed by atoms with van der Waals surface area (Å²) in [7, 11) is 1.78. The van der Waals surface area contributed by atoms with Crippen molar-refractivity contribution in [2.24, 2.45) is 5.84 Å². The van der Waals surface area contributed by atoms with E-state index in [-0.39, 0.29) is 5.82 Å². The first-order valence-corrected chi connectivity index (χ1v) is 7.42. The Kier molecular flexibility index (Phi) is 4.43. The lowest BCUT2D eigenvalue weighted by molar-refractivity contribution is 0.291. The molecule has 0 spiro atoms. The molecule has 0 saturated heterocycles. The number of nitrogens with zero attached hydrogens (tertiary/aromatic N) is 4. The molecule has 0 amide bonds. The van der Waals surface area contributed by atoms with E-state index in [1.54, 1.807) is 30.4 Å². The van der Waals surface area contributed by atoms with Gasteiger partial charge in [0, 0.05) is 24.9 Å².